The van der Waals surface area contributed by atoms with Crippen molar-refractivity contribution in [2.75, 3.05) is 11.1 Å². The molecule has 1 atom stereocenters. The van der Waals surface area contributed by atoms with Gasteiger partial charge in [0.1, 0.15) is 5.76 Å². The predicted octanol–water partition coefficient (Wildman–Crippen LogP) is 2.21. The quantitative estimate of drug-likeness (QED) is 0.722. The first-order valence-corrected chi connectivity index (χ1v) is 7.63. The molecule has 0 spiro atoms. The van der Waals surface area contributed by atoms with Crippen LogP contribution in [0, 0.1) is 6.92 Å². The summed E-state index contributed by atoms with van der Waals surface area (Å²) >= 11 is -1.43. The molecule has 0 saturated carbocycles. The van der Waals surface area contributed by atoms with Crippen LogP contribution in [0.4, 0.5) is 5.82 Å². The summed E-state index contributed by atoms with van der Waals surface area (Å²) in [6, 6.07) is 9.14. The zero-order valence-electron chi connectivity index (χ0n) is 11.3. The number of aromatic amines is 1. The Hall–Kier alpha value is -2.25. The first kappa shape index (κ1) is 13.7. The van der Waals surface area contributed by atoms with Gasteiger partial charge in [-0.3, -0.25) is 4.79 Å². The highest BCUT2D eigenvalue weighted by Gasteiger charge is 2.21. The van der Waals surface area contributed by atoms with Crippen LogP contribution in [0.15, 0.2) is 45.9 Å². The number of para-hydroxylation sites is 1. The van der Waals surface area contributed by atoms with Crippen LogP contribution in [0.2, 0.25) is 0 Å². The van der Waals surface area contributed by atoms with E-state index in [4.69, 9.17) is 4.52 Å². The summed E-state index contributed by atoms with van der Waals surface area (Å²) in [7, 11) is 0. The number of benzene rings is 1. The van der Waals surface area contributed by atoms with Crippen LogP contribution in [0.3, 0.4) is 0 Å². The topological polar surface area (TPSA) is 94.0 Å². The molecule has 3 aromatic rings. The zero-order valence-corrected chi connectivity index (χ0v) is 12.1. The van der Waals surface area contributed by atoms with Crippen molar-refractivity contribution in [3.8, 4) is 0 Å². The molecule has 21 heavy (non-hydrogen) atoms. The van der Waals surface area contributed by atoms with Gasteiger partial charge in [-0.1, -0.05) is 17.3 Å². The van der Waals surface area contributed by atoms with Gasteiger partial charge in [0, 0.05) is 6.07 Å². The lowest BCUT2D eigenvalue weighted by Crippen LogP contribution is -2.23. The Morgan fingerprint density at radius 3 is 3.05 bits per heavy atom. The Labute approximate surface area is 123 Å². The predicted molar refractivity (Wildman–Crippen MR) is 79.4 cm³/mol. The molecule has 2 heterocycles. The van der Waals surface area contributed by atoms with Gasteiger partial charge in [0.25, 0.3) is 5.91 Å². The van der Waals surface area contributed by atoms with E-state index < -0.39 is 11.2 Å². The number of aromatic nitrogens is 2. The van der Waals surface area contributed by atoms with Crippen molar-refractivity contribution in [3.63, 3.8) is 0 Å². The fourth-order valence-corrected chi connectivity index (χ4v) is 3.11. The van der Waals surface area contributed by atoms with Crippen LogP contribution >= 0.6 is 0 Å². The minimum absolute atomic E-state index is 0.131. The van der Waals surface area contributed by atoms with Gasteiger partial charge in [0.2, 0.25) is 0 Å². The average Bonchev–Trinajstić information content (AvgIpc) is 3.04. The molecule has 0 aliphatic carbocycles. The summed E-state index contributed by atoms with van der Waals surface area (Å²) in [5.41, 5.74) is 0.897. The van der Waals surface area contributed by atoms with E-state index in [1.54, 1.807) is 19.2 Å². The van der Waals surface area contributed by atoms with Gasteiger partial charge in [-0.15, -0.1) is 0 Å². The van der Waals surface area contributed by atoms with Crippen LogP contribution in [0.1, 0.15) is 5.76 Å². The van der Waals surface area contributed by atoms with Crippen LogP contribution < -0.4 is 5.32 Å². The number of aryl methyl sites for hydroxylation is 1. The van der Waals surface area contributed by atoms with Crippen molar-refractivity contribution >= 4 is 33.8 Å². The third-order valence-electron chi connectivity index (χ3n) is 2.95. The van der Waals surface area contributed by atoms with Gasteiger partial charge in [-0.05, 0) is 30.2 Å². The van der Waals surface area contributed by atoms with E-state index in [1.165, 1.54) is 0 Å². The maximum atomic E-state index is 12.3. The first-order chi connectivity index (χ1) is 10.1. The van der Waals surface area contributed by atoms with Crippen molar-refractivity contribution in [3.05, 3.63) is 42.3 Å². The van der Waals surface area contributed by atoms with Crippen LogP contribution in [0.5, 0.6) is 0 Å². The number of amides is 1. The van der Waals surface area contributed by atoms with Crippen LogP contribution in [0.25, 0.3) is 10.9 Å². The lowest BCUT2D eigenvalue weighted by atomic mass is 10.2. The Bertz CT molecular complexity index is 780. The second-order valence-corrected chi connectivity index (χ2v) is 5.98. The molecule has 0 fully saturated rings. The Balaban J connectivity index is 1.71. The molecule has 0 aliphatic heterocycles. The summed E-state index contributed by atoms with van der Waals surface area (Å²) in [5, 5.41) is 7.08. The van der Waals surface area contributed by atoms with Crippen molar-refractivity contribution in [1.29, 1.82) is 0 Å². The van der Waals surface area contributed by atoms with E-state index in [-0.39, 0.29) is 11.7 Å². The van der Waals surface area contributed by atoms with Gasteiger partial charge in [-0.25, -0.2) is 0 Å². The third kappa shape index (κ3) is 2.93. The summed E-state index contributed by atoms with van der Waals surface area (Å²) in [5.74, 6) is 0.428. The van der Waals surface area contributed by atoms with Gasteiger partial charge in [-0.2, -0.15) is 0 Å². The Morgan fingerprint density at radius 1 is 1.48 bits per heavy atom. The smallest absolute Gasteiger partial charge is 0.276 e. The van der Waals surface area contributed by atoms with Crippen LogP contribution in [-0.4, -0.2) is 26.4 Å². The number of hydrogen-bond acceptors (Lipinski definition) is 4. The number of fused-ring (bicyclic) bond motifs is 1. The molecule has 1 unspecified atom stereocenters. The molecule has 0 saturated heterocycles. The summed E-state index contributed by atoms with van der Waals surface area (Å²) in [6.07, 6.45) is 1.67. The minimum Gasteiger partial charge on any atom is -0.611 e. The second-order valence-electron chi connectivity index (χ2n) is 4.56. The Kier molecular flexibility index (Phi) is 3.68. The standard InChI is InChI=1S/C14H13N3O3S/c1-9-6-13(17-20-9)16-14(18)8-21(19)12-7-15-11-5-3-2-4-10(11)12/h2-7,15H,8H2,1H3,(H,16,17,18). The fourth-order valence-electron chi connectivity index (χ4n) is 2.03. The Morgan fingerprint density at radius 2 is 2.29 bits per heavy atom. The largest absolute Gasteiger partial charge is 0.611 e. The number of anilines is 1. The molecule has 6 nitrogen and oxygen atoms in total. The van der Waals surface area contributed by atoms with E-state index in [0.717, 1.165) is 10.9 Å². The molecule has 0 bridgehead atoms. The summed E-state index contributed by atoms with van der Waals surface area (Å²) < 4.78 is 17.2. The monoisotopic (exact) mass is 303 g/mol. The molecule has 2 N–H and O–H groups in total. The molecule has 108 valence electrons. The number of carbonyl (C=O) groups excluding carboxylic acids is 1. The number of nitrogens with zero attached hydrogens (tertiary/aromatic N) is 1. The molecule has 3 rings (SSSR count). The molecule has 1 amide bonds. The second kappa shape index (κ2) is 5.63. The zero-order chi connectivity index (χ0) is 14.8. The van der Waals surface area contributed by atoms with E-state index in [9.17, 15) is 9.35 Å². The first-order valence-electron chi connectivity index (χ1n) is 6.31. The van der Waals surface area contributed by atoms with Crippen molar-refractivity contribution in [1.82, 2.24) is 10.1 Å². The maximum Gasteiger partial charge on any atom is 0.276 e. The fraction of sp³-hybridized carbons (Fsp3) is 0.143. The number of H-pyrrole nitrogens is 1. The minimum atomic E-state index is -1.43. The third-order valence-corrected chi connectivity index (χ3v) is 4.31. The van der Waals surface area contributed by atoms with Gasteiger partial charge < -0.3 is 19.4 Å². The maximum absolute atomic E-state index is 12.3. The molecule has 0 radical (unpaired) electrons. The van der Waals surface area contributed by atoms with E-state index in [1.807, 2.05) is 24.3 Å². The van der Waals surface area contributed by atoms with Gasteiger partial charge in [0.05, 0.1) is 17.1 Å². The summed E-state index contributed by atoms with van der Waals surface area (Å²) in [6.45, 7) is 1.73. The van der Waals surface area contributed by atoms with Crippen molar-refractivity contribution < 1.29 is 13.9 Å². The molecular weight excluding hydrogens is 290 g/mol. The molecule has 2 aromatic heterocycles. The highest BCUT2D eigenvalue weighted by atomic mass is 32.2. The number of nitrogens with one attached hydrogen (secondary N) is 2. The molecule has 7 heteroatoms. The lowest BCUT2D eigenvalue weighted by Gasteiger charge is -2.08. The van der Waals surface area contributed by atoms with Crippen molar-refractivity contribution in [2.45, 2.75) is 11.8 Å². The normalized spacial score (nSPS) is 12.5. The highest BCUT2D eigenvalue weighted by Crippen LogP contribution is 2.23. The number of rotatable bonds is 4. The van der Waals surface area contributed by atoms with Gasteiger partial charge >= 0.3 is 0 Å². The summed E-state index contributed by atoms with van der Waals surface area (Å²) in [4.78, 5) is 15.5. The van der Waals surface area contributed by atoms with Crippen molar-refractivity contribution in [2.24, 2.45) is 0 Å². The molecule has 0 aliphatic rings. The average molecular weight is 303 g/mol. The number of carbonyl (C=O) groups is 1. The molecule has 1 aromatic carbocycles. The number of hydrogen-bond donors (Lipinski definition) is 2. The lowest BCUT2D eigenvalue weighted by molar-refractivity contribution is -0.113. The van der Waals surface area contributed by atoms with Gasteiger partial charge in [0.15, 0.2) is 16.5 Å². The van der Waals surface area contributed by atoms with E-state index >= 15 is 0 Å². The van der Waals surface area contributed by atoms with E-state index in [2.05, 4.69) is 15.5 Å². The highest BCUT2D eigenvalue weighted by molar-refractivity contribution is 7.92. The molecular formula is C14H13N3O3S. The van der Waals surface area contributed by atoms with E-state index in [0.29, 0.717) is 16.5 Å². The SMILES string of the molecule is Cc1cc(NC(=O)C[S+]([O-])c2c[nH]c3ccccc23)no1. The van der Waals surface area contributed by atoms with Crippen LogP contribution in [-0.2, 0) is 16.0 Å².